The van der Waals surface area contributed by atoms with E-state index in [4.69, 9.17) is 9.84 Å². The summed E-state index contributed by atoms with van der Waals surface area (Å²) in [6.45, 7) is 4.68. The first-order valence-electron chi connectivity index (χ1n) is 5.63. The lowest BCUT2D eigenvalue weighted by atomic mass is 10.0. The fourth-order valence-electron chi connectivity index (χ4n) is 1.61. The van der Waals surface area contributed by atoms with Gasteiger partial charge in [-0.3, -0.25) is 4.79 Å². The first kappa shape index (κ1) is 12.6. The zero-order valence-corrected chi connectivity index (χ0v) is 9.82. The van der Waals surface area contributed by atoms with Gasteiger partial charge in [0.05, 0.1) is 6.61 Å². The monoisotopic (exact) mass is 222 g/mol. The first-order valence-corrected chi connectivity index (χ1v) is 5.63. The van der Waals surface area contributed by atoms with Crippen LogP contribution in [0.15, 0.2) is 18.2 Å². The van der Waals surface area contributed by atoms with Crippen LogP contribution in [0.2, 0.25) is 0 Å². The van der Waals surface area contributed by atoms with Crippen LogP contribution >= 0.6 is 0 Å². The van der Waals surface area contributed by atoms with Crippen molar-refractivity contribution < 1.29 is 14.6 Å². The fraction of sp³-hybridized carbons (Fsp3) is 0.462. The van der Waals surface area contributed by atoms with Gasteiger partial charge in [-0.1, -0.05) is 19.1 Å². The molecule has 0 aliphatic rings. The Labute approximate surface area is 96.1 Å². The Bertz CT molecular complexity index is 358. The van der Waals surface area contributed by atoms with Gasteiger partial charge in [-0.05, 0) is 37.0 Å². The number of hydrogen-bond acceptors (Lipinski definition) is 2. The topological polar surface area (TPSA) is 46.5 Å². The minimum absolute atomic E-state index is 0.178. The molecule has 1 aromatic rings. The summed E-state index contributed by atoms with van der Waals surface area (Å²) in [4.78, 5) is 10.5. The van der Waals surface area contributed by atoms with E-state index in [-0.39, 0.29) is 6.42 Å². The summed E-state index contributed by atoms with van der Waals surface area (Å²) in [6, 6.07) is 5.90. The molecule has 16 heavy (non-hydrogen) atoms. The van der Waals surface area contributed by atoms with Crippen molar-refractivity contribution in [1.82, 2.24) is 0 Å². The number of rotatable bonds is 6. The highest BCUT2D eigenvalue weighted by Gasteiger charge is 2.04. The Morgan fingerprint density at radius 3 is 2.69 bits per heavy atom. The molecule has 0 heterocycles. The number of carboxylic acids is 1. The van der Waals surface area contributed by atoms with Crippen LogP contribution in [0.3, 0.4) is 0 Å². The number of aryl methyl sites for hydroxylation is 2. The largest absolute Gasteiger partial charge is 0.494 e. The van der Waals surface area contributed by atoms with E-state index >= 15 is 0 Å². The second-order valence-corrected chi connectivity index (χ2v) is 3.62. The molecule has 88 valence electrons. The van der Waals surface area contributed by atoms with Crippen molar-refractivity contribution in [3.8, 4) is 5.75 Å². The molecule has 0 bridgehead atoms. The molecule has 0 spiro atoms. The van der Waals surface area contributed by atoms with E-state index in [9.17, 15) is 4.79 Å². The number of aliphatic carboxylic acids is 1. The van der Waals surface area contributed by atoms with E-state index in [1.807, 2.05) is 25.1 Å². The van der Waals surface area contributed by atoms with E-state index in [1.165, 1.54) is 0 Å². The highest BCUT2D eigenvalue weighted by molar-refractivity contribution is 5.67. The Morgan fingerprint density at radius 1 is 1.38 bits per heavy atom. The summed E-state index contributed by atoms with van der Waals surface area (Å²) in [6.07, 6.45) is 1.65. The molecule has 3 heteroatoms. The third-order valence-corrected chi connectivity index (χ3v) is 2.43. The highest BCUT2D eigenvalue weighted by atomic mass is 16.5. The summed E-state index contributed by atoms with van der Waals surface area (Å²) in [7, 11) is 0. The summed E-state index contributed by atoms with van der Waals surface area (Å²) >= 11 is 0. The standard InChI is InChI=1S/C13H18O3/c1-3-11-9-10(6-8-13(14)15)5-7-12(11)16-4-2/h5,7,9H,3-4,6,8H2,1-2H3,(H,14,15). The van der Waals surface area contributed by atoms with E-state index in [0.29, 0.717) is 13.0 Å². The maximum atomic E-state index is 10.5. The number of ether oxygens (including phenoxy) is 1. The maximum absolute atomic E-state index is 10.5. The van der Waals surface area contributed by atoms with Gasteiger partial charge in [-0.15, -0.1) is 0 Å². The van der Waals surface area contributed by atoms with Crippen LogP contribution in [0.4, 0.5) is 0 Å². The predicted molar refractivity (Wildman–Crippen MR) is 62.9 cm³/mol. The zero-order valence-electron chi connectivity index (χ0n) is 9.82. The van der Waals surface area contributed by atoms with Crippen LogP contribution in [-0.2, 0) is 17.6 Å². The molecule has 3 nitrogen and oxygen atoms in total. The lowest BCUT2D eigenvalue weighted by molar-refractivity contribution is -0.136. The lowest BCUT2D eigenvalue weighted by Crippen LogP contribution is -2.00. The van der Waals surface area contributed by atoms with Gasteiger partial charge < -0.3 is 9.84 Å². The Kier molecular flexibility index (Phi) is 4.83. The van der Waals surface area contributed by atoms with E-state index < -0.39 is 5.97 Å². The van der Waals surface area contributed by atoms with E-state index in [0.717, 1.165) is 23.3 Å². The van der Waals surface area contributed by atoms with Crippen molar-refractivity contribution in [1.29, 1.82) is 0 Å². The summed E-state index contributed by atoms with van der Waals surface area (Å²) in [5.41, 5.74) is 2.20. The minimum atomic E-state index is -0.757. The second kappa shape index (κ2) is 6.16. The van der Waals surface area contributed by atoms with Crippen molar-refractivity contribution in [2.75, 3.05) is 6.61 Å². The molecule has 1 N–H and O–H groups in total. The molecule has 1 aromatic carbocycles. The molecule has 0 unspecified atom stereocenters. The van der Waals surface area contributed by atoms with Gasteiger partial charge >= 0.3 is 5.97 Å². The molecule has 0 aliphatic heterocycles. The maximum Gasteiger partial charge on any atom is 0.303 e. The van der Waals surface area contributed by atoms with Gasteiger partial charge in [0, 0.05) is 6.42 Å². The minimum Gasteiger partial charge on any atom is -0.494 e. The van der Waals surface area contributed by atoms with Gasteiger partial charge in [0.1, 0.15) is 5.75 Å². The summed E-state index contributed by atoms with van der Waals surface area (Å²) in [5.74, 6) is 0.149. The Hall–Kier alpha value is -1.51. The summed E-state index contributed by atoms with van der Waals surface area (Å²) in [5, 5.41) is 8.62. The molecule has 0 aromatic heterocycles. The molecular formula is C13H18O3. The molecular weight excluding hydrogens is 204 g/mol. The van der Waals surface area contributed by atoms with Gasteiger partial charge in [0.2, 0.25) is 0 Å². The summed E-state index contributed by atoms with van der Waals surface area (Å²) < 4.78 is 5.49. The van der Waals surface area contributed by atoms with Crippen molar-refractivity contribution in [3.63, 3.8) is 0 Å². The number of carbonyl (C=O) groups is 1. The lowest BCUT2D eigenvalue weighted by Gasteiger charge is -2.10. The van der Waals surface area contributed by atoms with Crippen LogP contribution in [0.1, 0.15) is 31.4 Å². The van der Waals surface area contributed by atoms with Crippen molar-refractivity contribution in [2.45, 2.75) is 33.1 Å². The predicted octanol–water partition coefficient (Wildman–Crippen LogP) is 2.66. The van der Waals surface area contributed by atoms with Crippen molar-refractivity contribution in [3.05, 3.63) is 29.3 Å². The molecule has 0 saturated heterocycles. The van der Waals surface area contributed by atoms with Crippen LogP contribution in [-0.4, -0.2) is 17.7 Å². The number of benzene rings is 1. The molecule has 0 atom stereocenters. The number of hydrogen-bond donors (Lipinski definition) is 1. The average molecular weight is 222 g/mol. The normalized spacial score (nSPS) is 10.1. The third kappa shape index (κ3) is 3.57. The van der Waals surface area contributed by atoms with Crippen molar-refractivity contribution >= 4 is 5.97 Å². The van der Waals surface area contributed by atoms with Gasteiger partial charge in [0.15, 0.2) is 0 Å². The third-order valence-electron chi connectivity index (χ3n) is 2.43. The van der Waals surface area contributed by atoms with Crippen LogP contribution in [0.5, 0.6) is 5.75 Å². The molecule has 0 amide bonds. The molecule has 0 aliphatic carbocycles. The molecule has 0 fully saturated rings. The molecule has 0 radical (unpaired) electrons. The SMILES string of the molecule is CCOc1ccc(CCC(=O)O)cc1CC. The molecule has 1 rings (SSSR count). The quantitative estimate of drug-likeness (QED) is 0.804. The first-order chi connectivity index (χ1) is 7.67. The Balaban J connectivity index is 2.77. The van der Waals surface area contributed by atoms with Crippen LogP contribution < -0.4 is 4.74 Å². The van der Waals surface area contributed by atoms with Crippen LogP contribution in [0.25, 0.3) is 0 Å². The zero-order chi connectivity index (χ0) is 12.0. The second-order valence-electron chi connectivity index (χ2n) is 3.62. The van der Waals surface area contributed by atoms with Gasteiger partial charge in [0.25, 0.3) is 0 Å². The van der Waals surface area contributed by atoms with Crippen LogP contribution in [0, 0.1) is 0 Å². The number of carboxylic acid groups (broad SMARTS) is 1. The molecule has 0 saturated carbocycles. The van der Waals surface area contributed by atoms with E-state index in [1.54, 1.807) is 0 Å². The Morgan fingerprint density at radius 2 is 2.12 bits per heavy atom. The van der Waals surface area contributed by atoms with E-state index in [2.05, 4.69) is 6.92 Å². The fourth-order valence-corrected chi connectivity index (χ4v) is 1.61. The smallest absolute Gasteiger partial charge is 0.303 e. The van der Waals surface area contributed by atoms with Gasteiger partial charge in [-0.2, -0.15) is 0 Å². The highest BCUT2D eigenvalue weighted by Crippen LogP contribution is 2.21. The van der Waals surface area contributed by atoms with Crippen molar-refractivity contribution in [2.24, 2.45) is 0 Å². The average Bonchev–Trinajstić information content (AvgIpc) is 2.28. The van der Waals surface area contributed by atoms with Gasteiger partial charge in [-0.25, -0.2) is 0 Å².